The highest BCUT2D eigenvalue weighted by Gasteiger charge is 2.19. The summed E-state index contributed by atoms with van der Waals surface area (Å²) >= 11 is 5.43. The average molecular weight is 309 g/mol. The maximum Gasteiger partial charge on any atom is 0.169 e. The van der Waals surface area contributed by atoms with Crippen LogP contribution in [0, 0.1) is 6.92 Å². The van der Waals surface area contributed by atoms with Gasteiger partial charge in [-0.3, -0.25) is 9.58 Å². The third kappa shape index (κ3) is 4.41. The first-order valence-corrected chi connectivity index (χ1v) is 8.33. The van der Waals surface area contributed by atoms with Gasteiger partial charge in [-0.2, -0.15) is 5.10 Å². The minimum Gasteiger partial charge on any atom is -0.363 e. The summed E-state index contributed by atoms with van der Waals surface area (Å²) in [7, 11) is 0. The lowest BCUT2D eigenvalue weighted by atomic mass is 10.2. The van der Waals surface area contributed by atoms with Gasteiger partial charge < -0.3 is 10.2 Å². The van der Waals surface area contributed by atoms with E-state index < -0.39 is 0 Å². The zero-order valence-corrected chi connectivity index (χ0v) is 14.2. The van der Waals surface area contributed by atoms with Gasteiger partial charge in [0.05, 0.1) is 5.69 Å². The van der Waals surface area contributed by atoms with Gasteiger partial charge in [0.2, 0.25) is 0 Å². The molecule has 1 saturated heterocycles. The van der Waals surface area contributed by atoms with Crippen molar-refractivity contribution in [1.29, 1.82) is 0 Å². The summed E-state index contributed by atoms with van der Waals surface area (Å²) in [5.41, 5.74) is 2.50. The lowest BCUT2D eigenvalue weighted by Crippen LogP contribution is -2.51. The molecule has 2 rings (SSSR count). The van der Waals surface area contributed by atoms with Crippen molar-refractivity contribution in [2.75, 3.05) is 32.7 Å². The molecule has 5 nitrogen and oxygen atoms in total. The second kappa shape index (κ2) is 7.75. The van der Waals surface area contributed by atoms with Gasteiger partial charge in [-0.15, -0.1) is 0 Å². The molecule has 0 amide bonds. The molecule has 0 unspecified atom stereocenters. The van der Waals surface area contributed by atoms with E-state index in [2.05, 4.69) is 47.2 Å². The molecule has 1 fully saturated rings. The number of nitrogens with one attached hydrogen (secondary N) is 1. The molecule has 1 aliphatic rings. The Labute approximate surface area is 133 Å². The van der Waals surface area contributed by atoms with Crippen molar-refractivity contribution in [3.05, 3.63) is 17.5 Å². The number of nitrogens with zero attached hydrogens (tertiary/aromatic N) is 4. The highest BCUT2D eigenvalue weighted by molar-refractivity contribution is 7.80. The lowest BCUT2D eigenvalue weighted by Gasteiger charge is -2.36. The van der Waals surface area contributed by atoms with E-state index >= 15 is 0 Å². The lowest BCUT2D eigenvalue weighted by molar-refractivity contribution is 0.174. The van der Waals surface area contributed by atoms with Crippen molar-refractivity contribution in [3.8, 4) is 0 Å². The highest BCUT2D eigenvalue weighted by Crippen LogP contribution is 2.12. The highest BCUT2D eigenvalue weighted by atomic mass is 32.1. The maximum absolute atomic E-state index is 5.43. The fraction of sp³-hybridized carbons (Fsp3) is 0.733. The van der Waals surface area contributed by atoms with Gasteiger partial charge in [0, 0.05) is 57.6 Å². The summed E-state index contributed by atoms with van der Waals surface area (Å²) in [5.74, 6) is 0. The minimum atomic E-state index is 0.909. The number of piperazine rings is 1. The van der Waals surface area contributed by atoms with E-state index in [1.54, 1.807) is 0 Å². The Morgan fingerprint density at radius 2 is 2.00 bits per heavy atom. The molecule has 6 heteroatoms. The summed E-state index contributed by atoms with van der Waals surface area (Å²) in [5, 5.41) is 8.74. The molecule has 0 radical (unpaired) electrons. The van der Waals surface area contributed by atoms with Crippen LogP contribution in [0.2, 0.25) is 0 Å². The zero-order chi connectivity index (χ0) is 15.2. The quantitative estimate of drug-likeness (QED) is 0.836. The number of rotatable bonds is 5. The monoisotopic (exact) mass is 309 g/mol. The van der Waals surface area contributed by atoms with Gasteiger partial charge in [-0.1, -0.05) is 6.92 Å². The summed E-state index contributed by atoms with van der Waals surface area (Å²) < 4.78 is 2.02. The van der Waals surface area contributed by atoms with Crippen LogP contribution in [0.3, 0.4) is 0 Å². The molecular formula is C15H27N5S. The van der Waals surface area contributed by atoms with Crippen molar-refractivity contribution < 1.29 is 0 Å². The smallest absolute Gasteiger partial charge is 0.169 e. The molecule has 1 N–H and O–H groups in total. The van der Waals surface area contributed by atoms with Gasteiger partial charge >= 0.3 is 0 Å². The molecule has 1 aliphatic heterocycles. The molecule has 0 aromatic carbocycles. The van der Waals surface area contributed by atoms with E-state index in [-0.39, 0.29) is 0 Å². The van der Waals surface area contributed by atoms with E-state index in [0.29, 0.717) is 0 Å². The Hall–Kier alpha value is -1.14. The Morgan fingerprint density at radius 1 is 1.29 bits per heavy atom. The molecule has 0 saturated carbocycles. The van der Waals surface area contributed by atoms with Crippen LogP contribution >= 0.6 is 12.2 Å². The molecule has 0 bridgehead atoms. The molecule has 0 aliphatic carbocycles. The van der Waals surface area contributed by atoms with Gasteiger partial charge in [-0.25, -0.2) is 0 Å². The minimum absolute atomic E-state index is 0.909. The zero-order valence-electron chi connectivity index (χ0n) is 13.4. The number of hydrogen-bond donors (Lipinski definition) is 1. The van der Waals surface area contributed by atoms with Crippen molar-refractivity contribution in [1.82, 2.24) is 24.9 Å². The average Bonchev–Trinajstić information content (AvgIpc) is 2.86. The van der Waals surface area contributed by atoms with Crippen LogP contribution in [0.1, 0.15) is 31.5 Å². The number of thiocarbonyl (C=S) groups is 1. The third-order valence-electron chi connectivity index (χ3n) is 3.95. The van der Waals surface area contributed by atoms with Crippen LogP contribution in [-0.4, -0.2) is 57.4 Å². The topological polar surface area (TPSA) is 36.3 Å². The summed E-state index contributed by atoms with van der Waals surface area (Å²) in [6.07, 6.45) is 3.29. The van der Waals surface area contributed by atoms with Crippen LogP contribution in [0.5, 0.6) is 0 Å². The van der Waals surface area contributed by atoms with Crippen molar-refractivity contribution in [3.63, 3.8) is 0 Å². The maximum atomic E-state index is 5.43. The van der Waals surface area contributed by atoms with Gasteiger partial charge in [0.1, 0.15) is 0 Å². The molecule has 2 heterocycles. The van der Waals surface area contributed by atoms with E-state index in [0.717, 1.165) is 63.0 Å². The summed E-state index contributed by atoms with van der Waals surface area (Å²) in [6, 6.07) is 0. The Morgan fingerprint density at radius 3 is 2.57 bits per heavy atom. The molecule has 21 heavy (non-hydrogen) atoms. The molecular weight excluding hydrogens is 282 g/mol. The second-order valence-corrected chi connectivity index (χ2v) is 5.98. The van der Waals surface area contributed by atoms with Crippen molar-refractivity contribution >= 4 is 17.3 Å². The van der Waals surface area contributed by atoms with E-state index in [4.69, 9.17) is 12.2 Å². The van der Waals surface area contributed by atoms with Gasteiger partial charge in [-0.05, 0) is 32.5 Å². The fourth-order valence-corrected chi connectivity index (χ4v) is 2.85. The van der Waals surface area contributed by atoms with Crippen LogP contribution in [-0.2, 0) is 13.1 Å². The normalized spacial score (nSPS) is 16.2. The second-order valence-electron chi connectivity index (χ2n) is 5.59. The van der Waals surface area contributed by atoms with E-state index in [1.165, 1.54) is 5.56 Å². The summed E-state index contributed by atoms with van der Waals surface area (Å²) in [4.78, 5) is 4.77. The van der Waals surface area contributed by atoms with Crippen LogP contribution in [0.25, 0.3) is 0 Å². The number of aryl methyl sites for hydroxylation is 2. The standard InChI is InChI=1S/C15H27N5S/c1-4-6-16-15(21)19-9-7-18(8-10-19)11-14-12-20(5-2)17-13(14)3/h12H,4-11H2,1-3H3,(H,16,21). The number of aromatic nitrogens is 2. The van der Waals surface area contributed by atoms with Crippen molar-refractivity contribution in [2.45, 2.75) is 40.3 Å². The molecule has 0 atom stereocenters. The molecule has 1 aromatic heterocycles. The van der Waals surface area contributed by atoms with Gasteiger partial charge in [0.25, 0.3) is 0 Å². The Bertz CT molecular complexity index is 463. The number of hydrogen-bond acceptors (Lipinski definition) is 3. The van der Waals surface area contributed by atoms with Crippen LogP contribution in [0.15, 0.2) is 6.20 Å². The Balaban J connectivity index is 1.81. The first-order valence-electron chi connectivity index (χ1n) is 7.92. The van der Waals surface area contributed by atoms with E-state index in [1.807, 2.05) is 4.68 Å². The van der Waals surface area contributed by atoms with Crippen LogP contribution < -0.4 is 5.32 Å². The predicted octanol–water partition coefficient (Wildman–Crippen LogP) is 1.61. The van der Waals surface area contributed by atoms with Gasteiger partial charge in [0.15, 0.2) is 5.11 Å². The predicted molar refractivity (Wildman–Crippen MR) is 90.4 cm³/mol. The molecule has 1 aromatic rings. The largest absolute Gasteiger partial charge is 0.363 e. The third-order valence-corrected chi connectivity index (χ3v) is 4.35. The van der Waals surface area contributed by atoms with E-state index in [9.17, 15) is 0 Å². The van der Waals surface area contributed by atoms with Crippen molar-refractivity contribution in [2.24, 2.45) is 0 Å². The fourth-order valence-electron chi connectivity index (χ4n) is 2.57. The Kier molecular flexibility index (Phi) is 5.99. The molecule has 118 valence electrons. The summed E-state index contributed by atoms with van der Waals surface area (Å²) in [6.45, 7) is 13.4. The molecule has 0 spiro atoms. The first kappa shape index (κ1) is 16.2. The SMILES string of the molecule is CCCNC(=S)N1CCN(Cc2cn(CC)nc2C)CC1. The van der Waals surface area contributed by atoms with Crippen LogP contribution in [0.4, 0.5) is 0 Å². The first-order chi connectivity index (χ1) is 10.1.